The van der Waals surface area contributed by atoms with Crippen molar-refractivity contribution in [3.63, 3.8) is 0 Å². The highest BCUT2D eigenvalue weighted by Gasteiger charge is 2.24. The zero-order chi connectivity index (χ0) is 11.5. The van der Waals surface area contributed by atoms with Crippen molar-refractivity contribution >= 4 is 11.8 Å². The molecule has 1 aliphatic rings. The summed E-state index contributed by atoms with van der Waals surface area (Å²) < 4.78 is 0. The minimum absolute atomic E-state index is 0.180. The molecule has 0 radical (unpaired) electrons. The summed E-state index contributed by atoms with van der Waals surface area (Å²) in [6, 6.07) is 4.01. The first-order valence-electron chi connectivity index (χ1n) is 5.57. The molecule has 1 N–H and O–H groups in total. The summed E-state index contributed by atoms with van der Waals surface area (Å²) in [7, 11) is 0. The molecule has 1 saturated heterocycles. The minimum Gasteiger partial charge on any atom is -0.481 e. The molecule has 0 aromatic carbocycles. The number of rotatable bonds is 2. The van der Waals surface area contributed by atoms with E-state index in [0.29, 0.717) is 12.8 Å². The summed E-state index contributed by atoms with van der Waals surface area (Å²) in [6.45, 7) is 3.61. The fraction of sp³-hybridized carbons (Fsp3) is 0.500. The van der Waals surface area contributed by atoms with Crippen molar-refractivity contribution in [2.45, 2.75) is 19.8 Å². The van der Waals surface area contributed by atoms with Crippen LogP contribution in [0.4, 0.5) is 5.82 Å². The Labute approximate surface area is 94.9 Å². The molecular formula is C12H16N2O2. The van der Waals surface area contributed by atoms with E-state index in [4.69, 9.17) is 5.11 Å². The number of aliphatic carboxylic acids is 1. The van der Waals surface area contributed by atoms with Gasteiger partial charge in [-0.3, -0.25) is 4.79 Å². The Balaban J connectivity index is 2.01. The van der Waals surface area contributed by atoms with Crippen LogP contribution < -0.4 is 4.90 Å². The van der Waals surface area contributed by atoms with Gasteiger partial charge in [0.2, 0.25) is 0 Å². The molecule has 4 nitrogen and oxygen atoms in total. The fourth-order valence-corrected chi connectivity index (χ4v) is 2.05. The van der Waals surface area contributed by atoms with Crippen LogP contribution in [0.25, 0.3) is 0 Å². The van der Waals surface area contributed by atoms with Gasteiger partial charge in [-0.25, -0.2) is 4.98 Å². The second-order valence-electron chi connectivity index (χ2n) is 4.29. The van der Waals surface area contributed by atoms with E-state index >= 15 is 0 Å². The molecule has 16 heavy (non-hydrogen) atoms. The van der Waals surface area contributed by atoms with Crippen molar-refractivity contribution in [2.24, 2.45) is 5.92 Å². The average Bonchev–Trinajstić information content (AvgIpc) is 2.29. The highest BCUT2D eigenvalue weighted by molar-refractivity contribution is 5.70. The predicted octanol–water partition coefficient (Wildman–Crippen LogP) is 1.69. The quantitative estimate of drug-likeness (QED) is 0.824. The third-order valence-electron chi connectivity index (χ3n) is 3.07. The van der Waals surface area contributed by atoms with Gasteiger partial charge in [0.1, 0.15) is 5.82 Å². The normalized spacial score (nSPS) is 17.4. The number of carboxylic acids is 1. The maximum Gasteiger partial charge on any atom is 0.306 e. The summed E-state index contributed by atoms with van der Waals surface area (Å²) in [5.74, 6) is 0.113. The van der Waals surface area contributed by atoms with Crippen LogP contribution in [-0.2, 0) is 4.79 Å². The molecule has 2 rings (SSSR count). The number of anilines is 1. The second kappa shape index (κ2) is 4.51. The van der Waals surface area contributed by atoms with Crippen molar-refractivity contribution in [3.05, 3.63) is 23.9 Å². The highest BCUT2D eigenvalue weighted by atomic mass is 16.4. The molecule has 1 fully saturated rings. The maximum atomic E-state index is 10.8. The van der Waals surface area contributed by atoms with Crippen LogP contribution in [0.1, 0.15) is 18.4 Å². The number of hydrogen-bond acceptors (Lipinski definition) is 3. The standard InChI is InChI=1S/C12H16N2O2/c1-9-2-5-13-11(8-9)14-6-3-10(4-7-14)12(15)16/h2,5,8,10H,3-4,6-7H2,1H3,(H,15,16). The molecule has 1 aromatic heterocycles. The number of pyridine rings is 1. The van der Waals surface area contributed by atoms with Crippen molar-refractivity contribution in [3.8, 4) is 0 Å². The van der Waals surface area contributed by atoms with E-state index in [0.717, 1.165) is 18.9 Å². The molecule has 0 aliphatic carbocycles. The number of aryl methyl sites for hydroxylation is 1. The summed E-state index contributed by atoms with van der Waals surface area (Å²) in [5, 5.41) is 8.91. The molecule has 2 heterocycles. The third-order valence-corrected chi connectivity index (χ3v) is 3.07. The van der Waals surface area contributed by atoms with Crippen LogP contribution in [0.3, 0.4) is 0 Å². The van der Waals surface area contributed by atoms with Crippen molar-refractivity contribution < 1.29 is 9.90 Å². The minimum atomic E-state index is -0.670. The number of hydrogen-bond donors (Lipinski definition) is 1. The fourth-order valence-electron chi connectivity index (χ4n) is 2.05. The number of aromatic nitrogens is 1. The van der Waals surface area contributed by atoms with Gasteiger partial charge in [0, 0.05) is 19.3 Å². The lowest BCUT2D eigenvalue weighted by molar-refractivity contribution is -0.142. The van der Waals surface area contributed by atoms with E-state index in [1.807, 2.05) is 19.1 Å². The largest absolute Gasteiger partial charge is 0.481 e. The van der Waals surface area contributed by atoms with E-state index in [-0.39, 0.29) is 5.92 Å². The van der Waals surface area contributed by atoms with Crippen LogP contribution in [0.15, 0.2) is 18.3 Å². The Kier molecular flexibility index (Phi) is 3.08. The first-order chi connectivity index (χ1) is 7.66. The first-order valence-corrected chi connectivity index (χ1v) is 5.57. The molecule has 1 aromatic rings. The molecule has 0 unspecified atom stereocenters. The van der Waals surface area contributed by atoms with Crippen LogP contribution in [0.2, 0.25) is 0 Å². The van der Waals surface area contributed by atoms with Crippen LogP contribution in [0, 0.1) is 12.8 Å². The van der Waals surface area contributed by atoms with Gasteiger partial charge in [-0.2, -0.15) is 0 Å². The van der Waals surface area contributed by atoms with E-state index in [9.17, 15) is 4.79 Å². The monoisotopic (exact) mass is 220 g/mol. The molecule has 0 bridgehead atoms. The van der Waals surface area contributed by atoms with E-state index in [1.54, 1.807) is 6.20 Å². The van der Waals surface area contributed by atoms with Gasteiger partial charge in [-0.1, -0.05) is 0 Å². The van der Waals surface area contributed by atoms with Gasteiger partial charge in [0.25, 0.3) is 0 Å². The number of piperidine rings is 1. The average molecular weight is 220 g/mol. The van der Waals surface area contributed by atoms with Gasteiger partial charge in [-0.05, 0) is 37.5 Å². The van der Waals surface area contributed by atoms with Gasteiger partial charge >= 0.3 is 5.97 Å². The number of nitrogens with zero attached hydrogens (tertiary/aromatic N) is 2. The topological polar surface area (TPSA) is 53.4 Å². The number of carboxylic acid groups (broad SMARTS) is 1. The summed E-state index contributed by atoms with van der Waals surface area (Å²) >= 11 is 0. The van der Waals surface area contributed by atoms with Gasteiger partial charge in [-0.15, -0.1) is 0 Å². The van der Waals surface area contributed by atoms with Gasteiger partial charge in [0.15, 0.2) is 0 Å². The molecule has 0 saturated carbocycles. The van der Waals surface area contributed by atoms with Crippen LogP contribution in [0.5, 0.6) is 0 Å². The molecule has 0 atom stereocenters. The molecule has 0 spiro atoms. The van der Waals surface area contributed by atoms with Gasteiger partial charge < -0.3 is 10.0 Å². The second-order valence-corrected chi connectivity index (χ2v) is 4.29. The van der Waals surface area contributed by atoms with Crippen LogP contribution in [-0.4, -0.2) is 29.1 Å². The van der Waals surface area contributed by atoms with E-state index in [1.165, 1.54) is 5.56 Å². The highest BCUT2D eigenvalue weighted by Crippen LogP contribution is 2.22. The van der Waals surface area contributed by atoms with Crippen molar-refractivity contribution in [2.75, 3.05) is 18.0 Å². The Bertz CT molecular complexity index is 384. The predicted molar refractivity (Wildman–Crippen MR) is 61.5 cm³/mol. The lowest BCUT2D eigenvalue weighted by Gasteiger charge is -2.31. The zero-order valence-electron chi connectivity index (χ0n) is 9.39. The summed E-state index contributed by atoms with van der Waals surface area (Å²) in [5.41, 5.74) is 1.19. The summed E-state index contributed by atoms with van der Waals surface area (Å²) in [4.78, 5) is 17.3. The summed E-state index contributed by atoms with van der Waals surface area (Å²) in [6.07, 6.45) is 3.23. The first kappa shape index (κ1) is 10.9. The molecule has 4 heteroatoms. The SMILES string of the molecule is Cc1ccnc(N2CCC(C(=O)O)CC2)c1. The third kappa shape index (κ3) is 2.32. The van der Waals surface area contributed by atoms with Crippen molar-refractivity contribution in [1.29, 1.82) is 0 Å². The Morgan fingerprint density at radius 3 is 2.75 bits per heavy atom. The molecule has 0 amide bonds. The van der Waals surface area contributed by atoms with Gasteiger partial charge in [0.05, 0.1) is 5.92 Å². The van der Waals surface area contributed by atoms with Crippen molar-refractivity contribution in [1.82, 2.24) is 4.98 Å². The molecule has 86 valence electrons. The Morgan fingerprint density at radius 2 is 2.19 bits per heavy atom. The Hall–Kier alpha value is -1.58. The lowest BCUT2D eigenvalue weighted by atomic mass is 9.97. The van der Waals surface area contributed by atoms with E-state index < -0.39 is 5.97 Å². The molecule has 1 aliphatic heterocycles. The number of carbonyl (C=O) groups is 1. The Morgan fingerprint density at radius 1 is 1.50 bits per heavy atom. The molecular weight excluding hydrogens is 204 g/mol. The smallest absolute Gasteiger partial charge is 0.306 e. The lowest BCUT2D eigenvalue weighted by Crippen LogP contribution is -2.36. The zero-order valence-corrected chi connectivity index (χ0v) is 9.39. The maximum absolute atomic E-state index is 10.8. The van der Waals surface area contributed by atoms with Crippen LogP contribution >= 0.6 is 0 Å². The van der Waals surface area contributed by atoms with E-state index in [2.05, 4.69) is 9.88 Å².